The second-order valence-corrected chi connectivity index (χ2v) is 5.79. The summed E-state index contributed by atoms with van der Waals surface area (Å²) < 4.78 is 14.1. The van der Waals surface area contributed by atoms with E-state index >= 15 is 0 Å². The SMILES string of the molecule is CCC(NC(=O)c1cc2cc(F)ccc2s1)c1ncc[nH]1. The first-order valence-corrected chi connectivity index (χ1v) is 7.48. The van der Waals surface area contributed by atoms with E-state index in [1.165, 1.54) is 23.5 Å². The predicted molar refractivity (Wildman–Crippen MR) is 80.9 cm³/mol. The third-order valence-corrected chi connectivity index (χ3v) is 4.38. The summed E-state index contributed by atoms with van der Waals surface area (Å²) in [7, 11) is 0. The van der Waals surface area contributed by atoms with Gasteiger partial charge in [-0.1, -0.05) is 6.92 Å². The zero-order valence-corrected chi connectivity index (χ0v) is 12.2. The monoisotopic (exact) mass is 303 g/mol. The number of hydrogen-bond acceptors (Lipinski definition) is 3. The molecule has 2 heterocycles. The van der Waals surface area contributed by atoms with Gasteiger partial charge in [0.2, 0.25) is 0 Å². The molecule has 0 spiro atoms. The van der Waals surface area contributed by atoms with Gasteiger partial charge in [0, 0.05) is 17.1 Å². The molecule has 4 nitrogen and oxygen atoms in total. The number of benzene rings is 1. The Kier molecular flexibility index (Phi) is 3.70. The van der Waals surface area contributed by atoms with Crippen LogP contribution in [-0.4, -0.2) is 15.9 Å². The summed E-state index contributed by atoms with van der Waals surface area (Å²) in [5, 5.41) is 3.69. The van der Waals surface area contributed by atoms with Gasteiger partial charge >= 0.3 is 0 Å². The molecular weight excluding hydrogens is 289 g/mol. The van der Waals surface area contributed by atoms with Gasteiger partial charge in [0.15, 0.2) is 0 Å². The molecule has 1 aromatic carbocycles. The molecule has 1 amide bonds. The highest BCUT2D eigenvalue weighted by Gasteiger charge is 2.17. The number of nitrogens with zero attached hydrogens (tertiary/aromatic N) is 1. The van der Waals surface area contributed by atoms with Crippen molar-refractivity contribution in [3.8, 4) is 0 Å². The number of thiophene rings is 1. The summed E-state index contributed by atoms with van der Waals surface area (Å²) in [4.78, 5) is 20.1. The van der Waals surface area contributed by atoms with Crippen molar-refractivity contribution in [2.75, 3.05) is 0 Å². The van der Waals surface area contributed by atoms with Gasteiger partial charge in [-0.15, -0.1) is 11.3 Å². The quantitative estimate of drug-likeness (QED) is 0.773. The maximum atomic E-state index is 13.2. The molecule has 108 valence electrons. The van der Waals surface area contributed by atoms with E-state index in [2.05, 4.69) is 15.3 Å². The number of carbonyl (C=O) groups is 1. The largest absolute Gasteiger partial charge is 0.347 e. The van der Waals surface area contributed by atoms with E-state index in [4.69, 9.17) is 0 Å². The summed E-state index contributed by atoms with van der Waals surface area (Å²) in [6.07, 6.45) is 4.12. The average Bonchev–Trinajstić information content (AvgIpc) is 3.12. The summed E-state index contributed by atoms with van der Waals surface area (Å²) >= 11 is 1.35. The van der Waals surface area contributed by atoms with E-state index in [0.717, 1.165) is 22.3 Å². The molecule has 0 saturated heterocycles. The van der Waals surface area contributed by atoms with Crippen molar-refractivity contribution in [3.05, 3.63) is 53.2 Å². The highest BCUT2D eigenvalue weighted by Crippen LogP contribution is 2.26. The van der Waals surface area contributed by atoms with Crippen LogP contribution >= 0.6 is 11.3 Å². The molecule has 0 fully saturated rings. The Hall–Kier alpha value is -2.21. The van der Waals surface area contributed by atoms with E-state index in [1.54, 1.807) is 24.5 Å². The van der Waals surface area contributed by atoms with E-state index < -0.39 is 0 Å². The number of aromatic amines is 1. The number of hydrogen-bond donors (Lipinski definition) is 2. The van der Waals surface area contributed by atoms with Gasteiger partial charge in [0.25, 0.3) is 5.91 Å². The lowest BCUT2D eigenvalue weighted by atomic mass is 10.2. The highest BCUT2D eigenvalue weighted by molar-refractivity contribution is 7.20. The Balaban J connectivity index is 1.83. The third-order valence-electron chi connectivity index (χ3n) is 3.27. The minimum absolute atomic E-state index is 0.158. The molecule has 2 N–H and O–H groups in total. The first-order valence-electron chi connectivity index (χ1n) is 6.66. The van der Waals surface area contributed by atoms with Crippen molar-refractivity contribution in [3.63, 3.8) is 0 Å². The molecule has 0 aliphatic heterocycles. The molecule has 1 unspecified atom stereocenters. The van der Waals surface area contributed by atoms with Crippen molar-refractivity contribution in [2.24, 2.45) is 0 Å². The molecule has 0 radical (unpaired) electrons. The minimum Gasteiger partial charge on any atom is -0.347 e. The maximum Gasteiger partial charge on any atom is 0.261 e. The van der Waals surface area contributed by atoms with Crippen LogP contribution in [0.5, 0.6) is 0 Å². The predicted octanol–water partition coefficient (Wildman–Crippen LogP) is 3.64. The standard InChI is InChI=1S/C15H14FN3OS/c1-2-11(14-17-5-6-18-14)19-15(20)13-8-9-7-10(16)3-4-12(9)21-13/h3-8,11H,2H2,1H3,(H,17,18)(H,19,20). The normalized spacial score (nSPS) is 12.5. The molecule has 1 atom stereocenters. The zero-order valence-electron chi connectivity index (χ0n) is 11.4. The molecule has 21 heavy (non-hydrogen) atoms. The smallest absolute Gasteiger partial charge is 0.261 e. The van der Waals surface area contributed by atoms with Crippen LogP contribution in [0.25, 0.3) is 10.1 Å². The summed E-state index contributed by atoms with van der Waals surface area (Å²) in [6, 6.07) is 6.09. The van der Waals surface area contributed by atoms with Crippen LogP contribution in [0.3, 0.4) is 0 Å². The first kappa shape index (κ1) is 13.8. The number of imidazole rings is 1. The van der Waals surface area contributed by atoms with Crippen LogP contribution in [0, 0.1) is 5.82 Å². The number of nitrogens with one attached hydrogen (secondary N) is 2. The number of aromatic nitrogens is 2. The molecule has 3 aromatic rings. The number of amides is 1. The molecule has 0 bridgehead atoms. The topological polar surface area (TPSA) is 57.8 Å². The highest BCUT2D eigenvalue weighted by atomic mass is 32.1. The fourth-order valence-electron chi connectivity index (χ4n) is 2.19. The van der Waals surface area contributed by atoms with E-state index in [0.29, 0.717) is 4.88 Å². The fraction of sp³-hybridized carbons (Fsp3) is 0.200. The van der Waals surface area contributed by atoms with Gasteiger partial charge < -0.3 is 10.3 Å². The Morgan fingerprint density at radius 1 is 1.48 bits per heavy atom. The van der Waals surface area contributed by atoms with Crippen LogP contribution in [0.1, 0.15) is 34.9 Å². The maximum absolute atomic E-state index is 13.2. The Morgan fingerprint density at radius 3 is 3.05 bits per heavy atom. The van der Waals surface area contributed by atoms with Crippen LogP contribution < -0.4 is 5.32 Å². The summed E-state index contributed by atoms with van der Waals surface area (Å²) in [5.41, 5.74) is 0. The van der Waals surface area contributed by atoms with Gasteiger partial charge in [-0.2, -0.15) is 0 Å². The summed E-state index contributed by atoms with van der Waals surface area (Å²) in [6.45, 7) is 1.98. The third kappa shape index (κ3) is 2.80. The van der Waals surface area contributed by atoms with Gasteiger partial charge in [0.1, 0.15) is 11.6 Å². The van der Waals surface area contributed by atoms with Crippen LogP contribution in [0.15, 0.2) is 36.7 Å². The number of halogens is 1. The molecule has 2 aromatic heterocycles. The molecular formula is C15H14FN3OS. The zero-order chi connectivity index (χ0) is 14.8. The van der Waals surface area contributed by atoms with E-state index in [1.807, 2.05) is 6.92 Å². The number of carbonyl (C=O) groups excluding carboxylic acids is 1. The number of fused-ring (bicyclic) bond motifs is 1. The van der Waals surface area contributed by atoms with Crippen molar-refractivity contribution in [1.29, 1.82) is 0 Å². The molecule has 0 aliphatic rings. The Morgan fingerprint density at radius 2 is 2.33 bits per heavy atom. The van der Waals surface area contributed by atoms with Crippen LogP contribution in [0.2, 0.25) is 0 Å². The van der Waals surface area contributed by atoms with Crippen molar-refractivity contribution in [2.45, 2.75) is 19.4 Å². The lowest BCUT2D eigenvalue weighted by Gasteiger charge is -2.13. The Labute approximate surface area is 125 Å². The van der Waals surface area contributed by atoms with Gasteiger partial charge in [0.05, 0.1) is 10.9 Å². The lowest BCUT2D eigenvalue weighted by molar-refractivity contribution is 0.0938. The minimum atomic E-state index is -0.297. The van der Waals surface area contributed by atoms with Gasteiger partial charge in [-0.25, -0.2) is 9.37 Å². The average molecular weight is 303 g/mol. The lowest BCUT2D eigenvalue weighted by Crippen LogP contribution is -2.28. The fourth-order valence-corrected chi connectivity index (χ4v) is 3.13. The molecule has 0 aliphatic carbocycles. The van der Waals surface area contributed by atoms with Gasteiger partial charge in [-0.3, -0.25) is 4.79 Å². The molecule has 3 rings (SSSR count). The molecule has 6 heteroatoms. The second-order valence-electron chi connectivity index (χ2n) is 4.70. The molecule has 0 saturated carbocycles. The van der Waals surface area contributed by atoms with E-state index in [-0.39, 0.29) is 17.8 Å². The Bertz CT molecular complexity index is 766. The summed E-state index contributed by atoms with van der Waals surface area (Å²) in [5.74, 6) is 0.271. The number of rotatable bonds is 4. The first-order chi connectivity index (χ1) is 10.2. The van der Waals surface area contributed by atoms with Crippen molar-refractivity contribution < 1.29 is 9.18 Å². The second kappa shape index (κ2) is 5.65. The number of H-pyrrole nitrogens is 1. The van der Waals surface area contributed by atoms with Crippen LogP contribution in [-0.2, 0) is 0 Å². The van der Waals surface area contributed by atoms with E-state index in [9.17, 15) is 9.18 Å². The van der Waals surface area contributed by atoms with Crippen molar-refractivity contribution >= 4 is 27.3 Å². The van der Waals surface area contributed by atoms with Crippen LogP contribution in [0.4, 0.5) is 4.39 Å². The van der Waals surface area contributed by atoms with Gasteiger partial charge in [-0.05, 0) is 36.1 Å². The van der Waals surface area contributed by atoms with Crippen molar-refractivity contribution in [1.82, 2.24) is 15.3 Å².